The number of nitrogens with zero attached hydrogens (tertiary/aromatic N) is 2. The summed E-state index contributed by atoms with van der Waals surface area (Å²) in [7, 11) is 0. The maximum atomic E-state index is 14.6. The molecule has 3 fully saturated rings. The Morgan fingerprint density at radius 1 is 1.20 bits per heavy atom. The molecule has 0 aliphatic carbocycles. The van der Waals surface area contributed by atoms with Crippen LogP contribution in [0.4, 0.5) is 5.69 Å². The van der Waals surface area contributed by atoms with E-state index < -0.39 is 41.7 Å². The van der Waals surface area contributed by atoms with Crippen molar-refractivity contribution < 1.29 is 33.8 Å². The molecule has 3 heterocycles. The number of amides is 3. The van der Waals surface area contributed by atoms with Gasteiger partial charge in [-0.2, -0.15) is 0 Å². The van der Waals surface area contributed by atoms with Gasteiger partial charge in [-0.1, -0.05) is 42.5 Å². The van der Waals surface area contributed by atoms with Gasteiger partial charge in [0.15, 0.2) is 0 Å². The molecule has 10 nitrogen and oxygen atoms in total. The van der Waals surface area contributed by atoms with E-state index in [1.54, 1.807) is 24.0 Å². The molecule has 10 heteroatoms. The van der Waals surface area contributed by atoms with E-state index >= 15 is 0 Å². The number of nitrogens with one attached hydrogen (secondary N) is 1. The maximum absolute atomic E-state index is 14.6. The summed E-state index contributed by atoms with van der Waals surface area (Å²) in [6.07, 6.45) is 4.18. The van der Waals surface area contributed by atoms with Crippen LogP contribution in [0.5, 0.6) is 0 Å². The Balaban J connectivity index is 1.41. The SMILES string of the molecule is C=CCCC(=O)NC[C@H](C)OC(=O)[C@@H]1[C@H]2C(=O)N(CCCO)[C@H](C(=O)N(CC=C)c3ccc4ccccc4c3)[C@]23CC[C@H]1O3. The number of hydrogen-bond donors (Lipinski definition) is 2. The van der Waals surface area contributed by atoms with Crippen molar-refractivity contribution >= 4 is 40.2 Å². The number of allylic oxidation sites excluding steroid dienone is 1. The first-order valence-electron chi connectivity index (χ1n) is 15.3. The Hall–Kier alpha value is -4.02. The first-order chi connectivity index (χ1) is 21.2. The number of anilines is 1. The van der Waals surface area contributed by atoms with E-state index in [0.29, 0.717) is 31.4 Å². The van der Waals surface area contributed by atoms with Crippen molar-refractivity contribution in [3.63, 3.8) is 0 Å². The summed E-state index contributed by atoms with van der Waals surface area (Å²) in [5.74, 6) is -3.17. The van der Waals surface area contributed by atoms with Crippen LogP contribution >= 0.6 is 0 Å². The van der Waals surface area contributed by atoms with E-state index in [0.717, 1.165) is 10.8 Å². The van der Waals surface area contributed by atoms with Gasteiger partial charge in [0.05, 0.1) is 24.5 Å². The smallest absolute Gasteiger partial charge is 0.312 e. The van der Waals surface area contributed by atoms with Gasteiger partial charge in [0.1, 0.15) is 17.7 Å². The van der Waals surface area contributed by atoms with E-state index in [9.17, 15) is 24.3 Å². The molecule has 0 saturated carbocycles. The van der Waals surface area contributed by atoms with Crippen molar-refractivity contribution in [1.82, 2.24) is 10.2 Å². The summed E-state index contributed by atoms with van der Waals surface area (Å²) >= 11 is 0. The van der Waals surface area contributed by atoms with E-state index in [4.69, 9.17) is 9.47 Å². The Morgan fingerprint density at radius 3 is 2.70 bits per heavy atom. The van der Waals surface area contributed by atoms with Gasteiger partial charge < -0.3 is 29.7 Å². The third kappa shape index (κ3) is 5.76. The average Bonchev–Trinajstić information content (AvgIpc) is 3.67. The molecule has 2 N–H and O–H groups in total. The Kier molecular flexibility index (Phi) is 9.51. The molecule has 5 rings (SSSR count). The van der Waals surface area contributed by atoms with Crippen molar-refractivity contribution in [1.29, 1.82) is 0 Å². The topological polar surface area (TPSA) is 125 Å². The lowest BCUT2D eigenvalue weighted by Gasteiger charge is -2.36. The second-order valence-electron chi connectivity index (χ2n) is 11.8. The van der Waals surface area contributed by atoms with Gasteiger partial charge in [-0.05, 0) is 55.5 Å². The molecule has 3 amide bonds. The minimum atomic E-state index is -1.20. The number of likely N-dealkylation sites (tertiary alicyclic amines) is 1. The van der Waals surface area contributed by atoms with Gasteiger partial charge >= 0.3 is 5.97 Å². The van der Waals surface area contributed by atoms with Gasteiger partial charge in [-0.3, -0.25) is 19.2 Å². The number of aliphatic hydroxyl groups is 1. The molecule has 2 aromatic rings. The molecule has 0 aromatic heterocycles. The van der Waals surface area contributed by atoms with Crippen LogP contribution < -0.4 is 10.2 Å². The van der Waals surface area contributed by atoms with Crippen LogP contribution in [0, 0.1) is 11.8 Å². The van der Waals surface area contributed by atoms with Crippen molar-refractivity contribution in [2.24, 2.45) is 11.8 Å². The van der Waals surface area contributed by atoms with Gasteiger partial charge in [-0.25, -0.2) is 0 Å². The standard InChI is InChI=1S/C34H41N3O7/c1-4-6-12-27(39)35-21-22(3)43-33(42)28-26-15-16-34(44-26)29(28)31(40)37(18-9-19-38)30(34)32(41)36(17-5-2)25-14-13-23-10-7-8-11-24(23)20-25/h4-5,7-8,10-11,13-14,20,22,26,28-30,38H,1-2,6,9,12,15-19,21H2,3H3,(H,35,39)/t22-,26+,28-,29-,30+,34-/m0/s1. The fourth-order valence-electron chi connectivity index (χ4n) is 7.02. The fourth-order valence-corrected chi connectivity index (χ4v) is 7.02. The number of rotatable bonds is 14. The van der Waals surface area contributed by atoms with Gasteiger partial charge in [0, 0.05) is 31.8 Å². The predicted molar refractivity (Wildman–Crippen MR) is 166 cm³/mol. The molecule has 2 bridgehead atoms. The highest BCUT2D eigenvalue weighted by Crippen LogP contribution is 2.59. The highest BCUT2D eigenvalue weighted by atomic mass is 16.6. The number of aliphatic hydroxyl groups excluding tert-OH is 1. The fraction of sp³-hybridized carbons (Fsp3) is 0.471. The van der Waals surface area contributed by atoms with Gasteiger partial charge in [0.25, 0.3) is 5.91 Å². The van der Waals surface area contributed by atoms with Crippen molar-refractivity contribution in [2.45, 2.75) is 62.9 Å². The molecule has 6 atom stereocenters. The molecule has 2 aromatic carbocycles. The molecule has 3 saturated heterocycles. The average molecular weight is 604 g/mol. The van der Waals surface area contributed by atoms with E-state index in [1.807, 2.05) is 42.5 Å². The van der Waals surface area contributed by atoms with Crippen LogP contribution in [0.15, 0.2) is 67.8 Å². The summed E-state index contributed by atoms with van der Waals surface area (Å²) < 4.78 is 12.2. The molecule has 0 radical (unpaired) electrons. The van der Waals surface area contributed by atoms with E-state index in [-0.39, 0.29) is 50.4 Å². The normalized spacial score (nSPS) is 25.9. The van der Waals surface area contributed by atoms with Crippen molar-refractivity contribution in [3.05, 3.63) is 67.8 Å². The molecule has 3 aliphatic rings. The molecule has 3 aliphatic heterocycles. The Morgan fingerprint density at radius 2 is 1.98 bits per heavy atom. The van der Waals surface area contributed by atoms with Crippen molar-refractivity contribution in [3.8, 4) is 0 Å². The summed E-state index contributed by atoms with van der Waals surface area (Å²) in [4.78, 5) is 57.4. The number of hydrogen-bond acceptors (Lipinski definition) is 7. The van der Waals surface area contributed by atoms with Crippen LogP contribution in [0.3, 0.4) is 0 Å². The van der Waals surface area contributed by atoms with E-state index in [2.05, 4.69) is 18.5 Å². The first kappa shape index (κ1) is 31.4. The third-order valence-corrected chi connectivity index (χ3v) is 8.97. The number of carbonyl (C=O) groups is 4. The van der Waals surface area contributed by atoms with E-state index in [1.165, 1.54) is 4.90 Å². The van der Waals surface area contributed by atoms with Gasteiger partial charge in [-0.15, -0.1) is 13.2 Å². The number of esters is 1. The number of fused-ring (bicyclic) bond motifs is 2. The first-order valence-corrected chi connectivity index (χ1v) is 15.3. The molecule has 234 valence electrons. The zero-order valence-electron chi connectivity index (χ0n) is 25.2. The zero-order chi connectivity index (χ0) is 31.4. The molecule has 0 unspecified atom stereocenters. The Labute approximate surface area is 257 Å². The van der Waals surface area contributed by atoms with Crippen LogP contribution in [0.25, 0.3) is 10.8 Å². The van der Waals surface area contributed by atoms with Gasteiger partial charge in [0.2, 0.25) is 11.8 Å². The lowest BCUT2D eigenvalue weighted by molar-refractivity contribution is -0.159. The summed E-state index contributed by atoms with van der Waals surface area (Å²) in [6.45, 7) is 9.49. The number of benzene rings is 2. The van der Waals surface area contributed by atoms with Crippen molar-refractivity contribution in [2.75, 3.05) is 31.1 Å². The second-order valence-corrected chi connectivity index (χ2v) is 11.8. The third-order valence-electron chi connectivity index (χ3n) is 8.97. The summed E-state index contributed by atoms with van der Waals surface area (Å²) in [5.41, 5.74) is -0.536. The maximum Gasteiger partial charge on any atom is 0.312 e. The summed E-state index contributed by atoms with van der Waals surface area (Å²) in [5, 5.41) is 14.4. The second kappa shape index (κ2) is 13.3. The quantitative estimate of drug-likeness (QED) is 0.251. The lowest BCUT2D eigenvalue weighted by atomic mass is 9.70. The van der Waals surface area contributed by atoms with Crippen LogP contribution in [-0.2, 0) is 28.7 Å². The zero-order valence-corrected chi connectivity index (χ0v) is 25.2. The molecular weight excluding hydrogens is 562 g/mol. The highest BCUT2D eigenvalue weighted by Gasteiger charge is 2.75. The lowest BCUT2D eigenvalue weighted by Crippen LogP contribution is -2.56. The molecule has 1 spiro atoms. The predicted octanol–water partition coefficient (Wildman–Crippen LogP) is 3.13. The Bertz CT molecular complexity index is 1440. The number of carbonyl (C=O) groups excluding carboxylic acids is 4. The van der Waals surface area contributed by atoms with Crippen LogP contribution in [0.2, 0.25) is 0 Å². The molecular formula is C34H41N3O7. The molecule has 44 heavy (non-hydrogen) atoms. The highest BCUT2D eigenvalue weighted by molar-refractivity contribution is 6.05. The minimum Gasteiger partial charge on any atom is -0.460 e. The number of ether oxygens (including phenoxy) is 2. The van der Waals surface area contributed by atoms with Crippen LogP contribution in [0.1, 0.15) is 39.0 Å². The monoisotopic (exact) mass is 603 g/mol. The van der Waals surface area contributed by atoms with Crippen LogP contribution in [-0.4, -0.2) is 83.8 Å². The summed E-state index contributed by atoms with van der Waals surface area (Å²) in [6, 6.07) is 12.6. The minimum absolute atomic E-state index is 0.135. The largest absolute Gasteiger partial charge is 0.460 e.